The van der Waals surface area contributed by atoms with Crippen LogP contribution in [0.5, 0.6) is 11.5 Å². The highest BCUT2D eigenvalue weighted by Crippen LogP contribution is 2.38. The van der Waals surface area contributed by atoms with Crippen LogP contribution < -0.4 is 9.47 Å². The number of rotatable bonds is 8. The average molecular weight is 572 g/mol. The normalized spacial score (nSPS) is 13.9. The van der Waals surface area contributed by atoms with Gasteiger partial charge in [0.05, 0.1) is 16.0 Å². The van der Waals surface area contributed by atoms with Crippen molar-refractivity contribution >= 4 is 51.2 Å². The zero-order valence-corrected chi connectivity index (χ0v) is 21.6. The van der Waals surface area contributed by atoms with E-state index >= 15 is 0 Å². The van der Waals surface area contributed by atoms with E-state index in [9.17, 15) is 14.9 Å². The number of ether oxygens (including phenoxy) is 3. The summed E-state index contributed by atoms with van der Waals surface area (Å²) in [5, 5.41) is 11.9. The average Bonchev–Trinajstić information content (AvgIpc) is 3.19. The fourth-order valence-corrected chi connectivity index (χ4v) is 4.27. The third-order valence-corrected chi connectivity index (χ3v) is 6.00. The molecule has 0 unspecified atom stereocenters. The summed E-state index contributed by atoms with van der Waals surface area (Å²) in [7, 11) is 0. The van der Waals surface area contributed by atoms with Crippen LogP contribution in [0.15, 0.2) is 69.8 Å². The molecule has 3 aromatic rings. The lowest BCUT2D eigenvalue weighted by molar-refractivity contribution is -0.385. The highest BCUT2D eigenvalue weighted by molar-refractivity contribution is 9.10. The van der Waals surface area contributed by atoms with Crippen LogP contribution in [-0.2, 0) is 16.1 Å². The second kappa shape index (κ2) is 10.9. The van der Waals surface area contributed by atoms with E-state index < -0.39 is 10.9 Å². The van der Waals surface area contributed by atoms with E-state index in [1.807, 2.05) is 25.1 Å². The Labute approximate surface area is 220 Å². The van der Waals surface area contributed by atoms with Gasteiger partial charge in [-0.3, -0.25) is 10.1 Å². The van der Waals surface area contributed by atoms with Gasteiger partial charge >= 0.3 is 5.97 Å². The summed E-state index contributed by atoms with van der Waals surface area (Å²) >= 11 is 9.58. The molecule has 1 aliphatic heterocycles. The predicted octanol–water partition coefficient (Wildman–Crippen LogP) is 6.64. The Balaban J connectivity index is 1.63. The van der Waals surface area contributed by atoms with E-state index in [0.717, 1.165) is 5.56 Å². The van der Waals surface area contributed by atoms with Gasteiger partial charge in [-0.15, -0.1) is 0 Å². The molecule has 8 nitrogen and oxygen atoms in total. The third kappa shape index (κ3) is 5.75. The molecule has 184 valence electrons. The first-order valence-electron chi connectivity index (χ1n) is 10.9. The van der Waals surface area contributed by atoms with Crippen LogP contribution in [0.2, 0.25) is 5.02 Å². The van der Waals surface area contributed by atoms with E-state index in [4.69, 9.17) is 25.8 Å². The number of carbonyl (C=O) groups excluding carboxylic acids is 1. The lowest BCUT2D eigenvalue weighted by atomic mass is 10.1. The molecule has 0 atom stereocenters. The molecule has 0 aromatic heterocycles. The number of nitro benzene ring substituents is 1. The molecule has 10 heteroatoms. The number of nitrogens with zero attached hydrogens (tertiary/aromatic N) is 2. The Morgan fingerprint density at radius 2 is 1.97 bits per heavy atom. The number of cyclic esters (lactones) is 1. The smallest absolute Gasteiger partial charge is 0.363 e. The van der Waals surface area contributed by atoms with Crippen molar-refractivity contribution in [2.24, 2.45) is 4.99 Å². The highest BCUT2D eigenvalue weighted by atomic mass is 79.9. The molecular formula is C26H20BrClN2O6. The predicted molar refractivity (Wildman–Crippen MR) is 140 cm³/mol. The number of halogens is 2. The van der Waals surface area contributed by atoms with Crippen LogP contribution in [0, 0.1) is 17.0 Å². The highest BCUT2D eigenvalue weighted by Gasteiger charge is 2.26. The van der Waals surface area contributed by atoms with Crippen LogP contribution in [0.1, 0.15) is 29.2 Å². The van der Waals surface area contributed by atoms with E-state index in [1.165, 1.54) is 6.07 Å². The van der Waals surface area contributed by atoms with E-state index in [0.29, 0.717) is 44.3 Å². The van der Waals surface area contributed by atoms with Gasteiger partial charge in [0.25, 0.3) is 5.69 Å². The van der Waals surface area contributed by atoms with Gasteiger partial charge in [0, 0.05) is 22.2 Å². The molecule has 0 aliphatic carbocycles. The lowest BCUT2D eigenvalue weighted by Crippen LogP contribution is -2.06. The molecule has 0 saturated carbocycles. The maximum Gasteiger partial charge on any atom is 0.363 e. The van der Waals surface area contributed by atoms with Crippen molar-refractivity contribution in [2.45, 2.75) is 20.5 Å². The number of nitro groups is 1. The van der Waals surface area contributed by atoms with Crippen molar-refractivity contribution in [1.82, 2.24) is 0 Å². The first kappa shape index (κ1) is 25.4. The van der Waals surface area contributed by atoms with Gasteiger partial charge in [0.2, 0.25) is 5.90 Å². The number of hydrogen-bond acceptors (Lipinski definition) is 7. The zero-order chi connectivity index (χ0) is 25.8. The molecular weight excluding hydrogens is 552 g/mol. The maximum atomic E-state index is 12.5. The molecule has 0 N–H and O–H groups in total. The molecule has 0 saturated heterocycles. The Bertz CT molecular complexity index is 1420. The van der Waals surface area contributed by atoms with Gasteiger partial charge in [-0.2, -0.15) is 0 Å². The summed E-state index contributed by atoms with van der Waals surface area (Å²) in [6.07, 6.45) is 1.55. The minimum atomic E-state index is -0.663. The Hall–Kier alpha value is -3.69. The van der Waals surface area contributed by atoms with Gasteiger partial charge in [-0.1, -0.05) is 29.8 Å². The van der Waals surface area contributed by atoms with Crippen LogP contribution in [-0.4, -0.2) is 23.4 Å². The van der Waals surface area contributed by atoms with Gasteiger partial charge in [0.1, 0.15) is 6.61 Å². The Kier molecular flexibility index (Phi) is 7.71. The van der Waals surface area contributed by atoms with Crippen LogP contribution in [0.4, 0.5) is 5.69 Å². The molecule has 1 heterocycles. The van der Waals surface area contributed by atoms with E-state index in [-0.39, 0.29) is 23.9 Å². The van der Waals surface area contributed by atoms with Crippen LogP contribution in [0.25, 0.3) is 6.08 Å². The van der Waals surface area contributed by atoms with E-state index in [2.05, 4.69) is 20.9 Å². The van der Waals surface area contributed by atoms with Crippen molar-refractivity contribution in [2.75, 3.05) is 6.61 Å². The fourth-order valence-electron chi connectivity index (χ4n) is 3.49. The summed E-state index contributed by atoms with van der Waals surface area (Å²) in [4.78, 5) is 27.5. The summed E-state index contributed by atoms with van der Waals surface area (Å²) in [6.45, 7) is 4.16. The summed E-state index contributed by atoms with van der Waals surface area (Å²) in [6, 6.07) is 15.4. The summed E-state index contributed by atoms with van der Waals surface area (Å²) in [5.74, 6) is 0.318. The standard InChI is InChI=1S/C26H20BrClN2O6/c1-3-34-23-12-17(10-20(27)24(23)35-14-16-5-4-6-19(28)9-16)11-21-26(31)36-25(29-21)18-8-7-15(2)22(13-18)30(32)33/h4-13H,3,14H2,1-2H3/b21-11-. The fraction of sp³-hybridized carbons (Fsp3) is 0.154. The Morgan fingerprint density at radius 1 is 1.17 bits per heavy atom. The number of aryl methyl sites for hydroxylation is 1. The largest absolute Gasteiger partial charge is 0.490 e. The number of carbonyl (C=O) groups is 1. The van der Waals surface area contributed by atoms with Gasteiger partial charge in [-0.05, 0) is 77.3 Å². The quantitative estimate of drug-likeness (QED) is 0.130. The van der Waals surface area contributed by atoms with E-state index in [1.54, 1.807) is 43.3 Å². The Morgan fingerprint density at radius 3 is 2.69 bits per heavy atom. The topological polar surface area (TPSA) is 100 Å². The second-order valence-corrected chi connectivity index (χ2v) is 9.07. The third-order valence-electron chi connectivity index (χ3n) is 5.18. The number of aliphatic imine (C=N–C) groups is 1. The van der Waals surface area contributed by atoms with Crippen LogP contribution >= 0.6 is 27.5 Å². The minimum absolute atomic E-state index is 0.0000715. The minimum Gasteiger partial charge on any atom is -0.490 e. The van der Waals surface area contributed by atoms with Crippen molar-refractivity contribution < 1.29 is 23.9 Å². The molecule has 0 fully saturated rings. The summed E-state index contributed by atoms with van der Waals surface area (Å²) in [5.41, 5.74) is 2.32. The first-order chi connectivity index (χ1) is 17.2. The first-order valence-corrected chi connectivity index (χ1v) is 12.0. The van der Waals surface area contributed by atoms with Gasteiger partial charge < -0.3 is 14.2 Å². The molecule has 1 aliphatic rings. The number of esters is 1. The number of benzene rings is 3. The monoisotopic (exact) mass is 570 g/mol. The molecule has 3 aromatic carbocycles. The second-order valence-electron chi connectivity index (χ2n) is 7.78. The molecule has 0 bridgehead atoms. The van der Waals surface area contributed by atoms with Crippen molar-refractivity contribution in [1.29, 1.82) is 0 Å². The van der Waals surface area contributed by atoms with Crippen molar-refractivity contribution in [3.05, 3.63) is 102 Å². The molecule has 0 radical (unpaired) electrons. The van der Waals surface area contributed by atoms with Crippen LogP contribution in [0.3, 0.4) is 0 Å². The molecule has 36 heavy (non-hydrogen) atoms. The maximum absolute atomic E-state index is 12.5. The van der Waals surface area contributed by atoms with Crippen molar-refractivity contribution in [3.63, 3.8) is 0 Å². The van der Waals surface area contributed by atoms with Gasteiger partial charge in [0.15, 0.2) is 17.2 Å². The zero-order valence-electron chi connectivity index (χ0n) is 19.3. The summed E-state index contributed by atoms with van der Waals surface area (Å²) < 4.78 is 17.7. The SMILES string of the molecule is CCOc1cc(/C=C2\N=C(c3ccc(C)c([N+](=O)[O-])c3)OC2=O)cc(Br)c1OCc1cccc(Cl)c1. The molecule has 4 rings (SSSR count). The van der Waals surface area contributed by atoms with Gasteiger partial charge in [-0.25, -0.2) is 9.79 Å². The van der Waals surface area contributed by atoms with Crippen molar-refractivity contribution in [3.8, 4) is 11.5 Å². The number of hydrogen-bond donors (Lipinski definition) is 0. The lowest BCUT2D eigenvalue weighted by Gasteiger charge is -2.15. The molecule has 0 spiro atoms. The molecule has 0 amide bonds.